The minimum Gasteiger partial charge on any atom is -0.508 e. The minimum absolute atomic E-state index is 0.0245. The largest absolute Gasteiger partial charge is 0.508 e. The van der Waals surface area contributed by atoms with Crippen LogP contribution in [0.2, 0.25) is 0 Å². The number of aliphatic imine (C=N–C) groups is 1. The molecule has 6 heteroatoms. The lowest BCUT2D eigenvalue weighted by atomic mass is 10.1. The lowest BCUT2D eigenvalue weighted by Gasteiger charge is -2.08. The first-order valence-electron chi connectivity index (χ1n) is 4.42. The molecule has 0 aliphatic carbocycles. The van der Waals surface area contributed by atoms with Gasteiger partial charge in [0.1, 0.15) is 5.75 Å². The van der Waals surface area contributed by atoms with Crippen LogP contribution < -0.4 is 0 Å². The Balaban J connectivity index is 3.45. The molecule has 16 heavy (non-hydrogen) atoms. The molecular formula is C10H11NO4S. The van der Waals surface area contributed by atoms with Crippen molar-refractivity contribution in [3.8, 4) is 5.75 Å². The Morgan fingerprint density at radius 3 is 2.56 bits per heavy atom. The van der Waals surface area contributed by atoms with Crippen molar-refractivity contribution in [1.29, 1.82) is 0 Å². The molecule has 0 amide bonds. The van der Waals surface area contributed by atoms with E-state index in [-0.39, 0.29) is 22.8 Å². The number of sulfone groups is 1. The van der Waals surface area contributed by atoms with E-state index in [4.69, 9.17) is 0 Å². The number of hydrogen-bond acceptors (Lipinski definition) is 5. The summed E-state index contributed by atoms with van der Waals surface area (Å²) < 4.78 is 22.9. The molecular weight excluding hydrogens is 230 g/mol. The van der Waals surface area contributed by atoms with E-state index < -0.39 is 9.84 Å². The SMILES string of the molecule is Cc1cc(S(C)(=O)=O)c(CN=C=O)cc1O. The molecule has 86 valence electrons. The van der Waals surface area contributed by atoms with Crippen molar-refractivity contribution in [3.05, 3.63) is 23.3 Å². The minimum atomic E-state index is -3.40. The van der Waals surface area contributed by atoms with Gasteiger partial charge in [-0.2, -0.15) is 0 Å². The van der Waals surface area contributed by atoms with Crippen molar-refractivity contribution in [2.24, 2.45) is 4.99 Å². The zero-order chi connectivity index (χ0) is 12.3. The van der Waals surface area contributed by atoms with Gasteiger partial charge in [-0.25, -0.2) is 18.2 Å². The first-order chi connectivity index (χ1) is 7.36. The number of nitrogens with zero attached hydrogens (tertiary/aromatic N) is 1. The fourth-order valence-corrected chi connectivity index (χ4v) is 2.29. The van der Waals surface area contributed by atoms with Crippen LogP contribution in [-0.4, -0.2) is 25.9 Å². The molecule has 0 unspecified atom stereocenters. The van der Waals surface area contributed by atoms with E-state index in [9.17, 15) is 18.3 Å². The summed E-state index contributed by atoms with van der Waals surface area (Å²) in [6, 6.07) is 2.66. The number of carbonyl (C=O) groups excluding carboxylic acids is 1. The first-order valence-corrected chi connectivity index (χ1v) is 6.31. The molecule has 5 nitrogen and oxygen atoms in total. The molecule has 0 radical (unpaired) electrons. The number of isocyanates is 1. The summed E-state index contributed by atoms with van der Waals surface area (Å²) in [6.07, 6.45) is 2.39. The van der Waals surface area contributed by atoms with Crippen LogP contribution in [0.5, 0.6) is 5.75 Å². The maximum Gasteiger partial charge on any atom is 0.235 e. The quantitative estimate of drug-likeness (QED) is 0.630. The van der Waals surface area contributed by atoms with E-state index in [1.54, 1.807) is 6.92 Å². The Morgan fingerprint density at radius 1 is 1.44 bits per heavy atom. The van der Waals surface area contributed by atoms with Gasteiger partial charge < -0.3 is 5.11 Å². The highest BCUT2D eigenvalue weighted by Gasteiger charge is 2.15. The average Bonchev–Trinajstić information content (AvgIpc) is 2.17. The van der Waals surface area contributed by atoms with Gasteiger partial charge in [0.15, 0.2) is 9.84 Å². The zero-order valence-corrected chi connectivity index (χ0v) is 9.71. The Labute approximate surface area is 93.4 Å². The summed E-state index contributed by atoms with van der Waals surface area (Å²) in [5.74, 6) is -0.0245. The highest BCUT2D eigenvalue weighted by molar-refractivity contribution is 7.90. The van der Waals surface area contributed by atoms with E-state index in [1.807, 2.05) is 0 Å². The summed E-state index contributed by atoms with van der Waals surface area (Å²) in [5.41, 5.74) is 0.744. The summed E-state index contributed by atoms with van der Waals surface area (Å²) >= 11 is 0. The Bertz CT molecular complexity index is 556. The monoisotopic (exact) mass is 241 g/mol. The number of rotatable bonds is 3. The van der Waals surface area contributed by atoms with Gasteiger partial charge >= 0.3 is 0 Å². The van der Waals surface area contributed by atoms with Gasteiger partial charge in [0.25, 0.3) is 0 Å². The molecule has 1 rings (SSSR count). The third-order valence-corrected chi connectivity index (χ3v) is 3.27. The Kier molecular flexibility index (Phi) is 3.47. The van der Waals surface area contributed by atoms with E-state index in [2.05, 4.69) is 4.99 Å². The summed E-state index contributed by atoms with van der Waals surface area (Å²) in [6.45, 7) is 1.48. The van der Waals surface area contributed by atoms with Crippen molar-refractivity contribution in [2.75, 3.05) is 6.26 Å². The van der Waals surface area contributed by atoms with Crippen LogP contribution in [0.25, 0.3) is 0 Å². The molecule has 0 aliphatic rings. The second-order valence-corrected chi connectivity index (χ2v) is 5.41. The van der Waals surface area contributed by atoms with Crippen molar-refractivity contribution in [1.82, 2.24) is 0 Å². The lowest BCUT2D eigenvalue weighted by Crippen LogP contribution is -2.02. The maximum atomic E-state index is 11.5. The van der Waals surface area contributed by atoms with Gasteiger partial charge in [-0.05, 0) is 30.2 Å². The predicted octanol–water partition coefficient (Wildman–Crippen LogP) is 0.940. The van der Waals surface area contributed by atoms with E-state index >= 15 is 0 Å². The number of aromatic hydroxyl groups is 1. The van der Waals surface area contributed by atoms with E-state index in [0.29, 0.717) is 5.56 Å². The molecule has 0 saturated carbocycles. The van der Waals surface area contributed by atoms with E-state index in [1.165, 1.54) is 18.2 Å². The van der Waals surface area contributed by atoms with E-state index in [0.717, 1.165) is 6.26 Å². The second-order valence-electron chi connectivity index (χ2n) is 3.43. The average molecular weight is 241 g/mol. The lowest BCUT2D eigenvalue weighted by molar-refractivity contribution is 0.469. The topological polar surface area (TPSA) is 83.8 Å². The smallest absolute Gasteiger partial charge is 0.235 e. The number of aryl methyl sites for hydroxylation is 1. The number of hydrogen-bond donors (Lipinski definition) is 1. The van der Waals surface area contributed by atoms with Crippen LogP contribution in [0.1, 0.15) is 11.1 Å². The van der Waals surface area contributed by atoms with Gasteiger partial charge in [0.05, 0.1) is 11.4 Å². The van der Waals surface area contributed by atoms with Crippen molar-refractivity contribution >= 4 is 15.9 Å². The normalized spacial score (nSPS) is 10.9. The predicted molar refractivity (Wildman–Crippen MR) is 57.8 cm³/mol. The number of phenolic OH excluding ortho intramolecular Hbond substituents is 1. The molecule has 1 aromatic rings. The molecule has 0 bridgehead atoms. The number of benzene rings is 1. The van der Waals surface area contributed by atoms with Crippen LogP contribution in [0.15, 0.2) is 22.0 Å². The fourth-order valence-electron chi connectivity index (χ4n) is 1.30. The Hall–Kier alpha value is -1.65. The molecule has 0 fully saturated rings. The molecule has 0 aromatic heterocycles. The van der Waals surface area contributed by atoms with Gasteiger partial charge in [-0.15, -0.1) is 0 Å². The van der Waals surface area contributed by atoms with Gasteiger partial charge in [0, 0.05) is 6.26 Å². The third-order valence-electron chi connectivity index (χ3n) is 2.09. The molecule has 0 heterocycles. The van der Waals surface area contributed by atoms with Crippen LogP contribution in [-0.2, 0) is 21.2 Å². The summed E-state index contributed by atoms with van der Waals surface area (Å²) in [7, 11) is -3.40. The molecule has 0 spiro atoms. The number of phenols is 1. The fraction of sp³-hybridized carbons (Fsp3) is 0.300. The molecule has 1 aromatic carbocycles. The molecule has 0 saturated heterocycles. The van der Waals surface area contributed by atoms with Gasteiger partial charge in [-0.1, -0.05) is 0 Å². The van der Waals surface area contributed by atoms with Crippen molar-refractivity contribution in [2.45, 2.75) is 18.4 Å². The summed E-state index contributed by atoms with van der Waals surface area (Å²) in [4.78, 5) is 13.4. The van der Waals surface area contributed by atoms with Crippen LogP contribution >= 0.6 is 0 Å². The first kappa shape index (κ1) is 12.4. The van der Waals surface area contributed by atoms with Crippen molar-refractivity contribution < 1.29 is 18.3 Å². The summed E-state index contributed by atoms with van der Waals surface area (Å²) in [5, 5.41) is 9.45. The van der Waals surface area contributed by atoms with Crippen LogP contribution in [0.3, 0.4) is 0 Å². The second kappa shape index (κ2) is 4.47. The van der Waals surface area contributed by atoms with Crippen molar-refractivity contribution in [3.63, 3.8) is 0 Å². The van der Waals surface area contributed by atoms with Crippen LogP contribution in [0, 0.1) is 6.92 Å². The van der Waals surface area contributed by atoms with Gasteiger partial charge in [-0.3, -0.25) is 0 Å². The Morgan fingerprint density at radius 2 is 2.06 bits per heavy atom. The highest BCUT2D eigenvalue weighted by Crippen LogP contribution is 2.25. The highest BCUT2D eigenvalue weighted by atomic mass is 32.2. The molecule has 1 N–H and O–H groups in total. The molecule has 0 atom stereocenters. The third kappa shape index (κ3) is 2.68. The van der Waals surface area contributed by atoms with Gasteiger partial charge in [0.2, 0.25) is 6.08 Å². The zero-order valence-electron chi connectivity index (χ0n) is 8.89. The maximum absolute atomic E-state index is 11.5. The molecule has 0 aliphatic heterocycles. The standard InChI is InChI=1S/C10H11NO4S/c1-7-3-10(16(2,14)15)8(4-9(7)13)5-11-6-12/h3-4,13H,5H2,1-2H3. The van der Waals surface area contributed by atoms with Crippen LogP contribution in [0.4, 0.5) is 0 Å².